The average Bonchev–Trinajstić information content (AvgIpc) is 2.93. The summed E-state index contributed by atoms with van der Waals surface area (Å²) in [7, 11) is 0. The maximum absolute atomic E-state index is 12.3. The van der Waals surface area contributed by atoms with Crippen molar-refractivity contribution in [3.8, 4) is 0 Å². The Hall–Kier alpha value is -0.640. The van der Waals surface area contributed by atoms with Gasteiger partial charge in [0.1, 0.15) is 11.9 Å². The van der Waals surface area contributed by atoms with Crippen LogP contribution >= 0.6 is 15.9 Å². The van der Waals surface area contributed by atoms with E-state index in [1.807, 2.05) is 0 Å². The highest BCUT2D eigenvalue weighted by atomic mass is 79.9. The molecule has 3 fully saturated rings. The van der Waals surface area contributed by atoms with Crippen molar-refractivity contribution >= 4 is 27.7 Å². The van der Waals surface area contributed by atoms with E-state index in [4.69, 9.17) is 4.74 Å². The molecule has 0 radical (unpaired) electrons. The van der Waals surface area contributed by atoms with Gasteiger partial charge in [-0.1, -0.05) is 41.4 Å². The third-order valence-electron chi connectivity index (χ3n) is 8.87. The number of carbonyl (C=O) groups excluding carboxylic acids is 2. The van der Waals surface area contributed by atoms with Crippen LogP contribution in [0.5, 0.6) is 0 Å². The first-order valence-corrected chi connectivity index (χ1v) is 11.6. The molecule has 0 heterocycles. The number of hydrogen-bond acceptors (Lipinski definition) is 3. The lowest BCUT2D eigenvalue weighted by molar-refractivity contribution is -0.149. The Kier molecular flexibility index (Phi) is 4.89. The van der Waals surface area contributed by atoms with Gasteiger partial charge in [-0.25, -0.2) is 0 Å². The first-order chi connectivity index (χ1) is 12.7. The van der Waals surface area contributed by atoms with Crippen molar-refractivity contribution < 1.29 is 14.3 Å². The van der Waals surface area contributed by atoms with Gasteiger partial charge in [-0.15, -0.1) is 0 Å². The fourth-order valence-corrected chi connectivity index (χ4v) is 8.63. The summed E-state index contributed by atoms with van der Waals surface area (Å²) < 4.78 is 5.55. The largest absolute Gasteiger partial charge is 0.462 e. The SMILES string of the molecule is CC(=O)O[C@H]1CC[C@@]2(C)C(=C[C@@H](Br)[C@H]3[C@@H]4CC[C@H](C(C)=O)[C@@]4(C)CC[C@@H]32)C1. The Labute approximate surface area is 171 Å². The van der Waals surface area contributed by atoms with Gasteiger partial charge in [0.2, 0.25) is 0 Å². The Morgan fingerprint density at radius 2 is 1.81 bits per heavy atom. The topological polar surface area (TPSA) is 43.4 Å². The lowest BCUT2D eigenvalue weighted by atomic mass is 9.47. The minimum absolute atomic E-state index is 0.0421. The number of esters is 1. The number of alkyl halides is 1. The van der Waals surface area contributed by atoms with Crippen molar-refractivity contribution in [3.63, 3.8) is 0 Å². The summed E-state index contributed by atoms with van der Waals surface area (Å²) in [5, 5.41) is 0. The van der Waals surface area contributed by atoms with Crippen molar-refractivity contribution in [1.29, 1.82) is 0 Å². The van der Waals surface area contributed by atoms with Gasteiger partial charge in [0.25, 0.3) is 0 Å². The molecule has 0 N–H and O–H groups in total. The molecule has 3 nitrogen and oxygen atoms in total. The highest BCUT2D eigenvalue weighted by molar-refractivity contribution is 9.09. The molecular formula is C23H33BrO3. The van der Waals surface area contributed by atoms with Crippen LogP contribution in [0.25, 0.3) is 0 Å². The quantitative estimate of drug-likeness (QED) is 0.327. The molecule has 0 aromatic carbocycles. The minimum Gasteiger partial charge on any atom is -0.462 e. The maximum atomic E-state index is 12.3. The second-order valence-corrected chi connectivity index (χ2v) is 11.2. The van der Waals surface area contributed by atoms with Crippen molar-refractivity contribution in [2.75, 3.05) is 0 Å². The highest BCUT2D eigenvalue weighted by Crippen LogP contribution is 2.67. The van der Waals surface area contributed by atoms with E-state index in [0.717, 1.165) is 25.7 Å². The van der Waals surface area contributed by atoms with Crippen LogP contribution in [0.3, 0.4) is 0 Å². The number of allylic oxidation sites excluding steroid dienone is 1. The Balaban J connectivity index is 1.64. The average molecular weight is 437 g/mol. The summed E-state index contributed by atoms with van der Waals surface area (Å²) in [5.74, 6) is 2.40. The fraction of sp³-hybridized carbons (Fsp3) is 0.826. The molecule has 0 saturated heterocycles. The molecule has 0 unspecified atom stereocenters. The van der Waals surface area contributed by atoms with E-state index in [1.54, 1.807) is 6.92 Å². The molecule has 4 aliphatic carbocycles. The molecule has 4 rings (SSSR count). The molecule has 0 amide bonds. The third-order valence-corrected chi connectivity index (χ3v) is 9.74. The van der Waals surface area contributed by atoms with Gasteiger partial charge in [-0.3, -0.25) is 9.59 Å². The lowest BCUT2D eigenvalue weighted by Gasteiger charge is -2.59. The highest BCUT2D eigenvalue weighted by Gasteiger charge is 2.61. The lowest BCUT2D eigenvalue weighted by Crippen LogP contribution is -2.54. The standard InChI is InChI=1S/C23H33BrO3/c1-13(25)17-5-6-18-21-19(8-10-23(17,18)4)22(3)9-7-16(27-14(2)26)11-15(22)12-20(21)24/h12,16-21H,5-11H2,1-4H3/t16-,17+,18-,19-,20+,21-,22-,23+/m0/s1. The summed E-state index contributed by atoms with van der Waals surface area (Å²) in [6, 6.07) is 0. The van der Waals surface area contributed by atoms with Crippen LogP contribution in [-0.2, 0) is 14.3 Å². The predicted octanol–water partition coefficient (Wildman–Crippen LogP) is 5.46. The van der Waals surface area contributed by atoms with E-state index in [9.17, 15) is 9.59 Å². The summed E-state index contributed by atoms with van der Waals surface area (Å²) >= 11 is 4.04. The number of carbonyl (C=O) groups is 2. The second kappa shape index (κ2) is 6.71. The first-order valence-electron chi connectivity index (χ1n) is 10.7. The van der Waals surface area contributed by atoms with Crippen LogP contribution in [0.1, 0.15) is 72.6 Å². The van der Waals surface area contributed by atoms with E-state index < -0.39 is 0 Å². The zero-order valence-corrected chi connectivity index (χ0v) is 18.7. The number of halogens is 1. The van der Waals surface area contributed by atoms with Gasteiger partial charge in [-0.05, 0) is 74.0 Å². The molecule has 0 bridgehead atoms. The van der Waals surface area contributed by atoms with Crippen LogP contribution in [0.15, 0.2) is 11.6 Å². The van der Waals surface area contributed by atoms with E-state index in [2.05, 4.69) is 35.9 Å². The molecular weight excluding hydrogens is 404 g/mol. The molecule has 4 aliphatic rings. The number of ketones is 1. The third kappa shape index (κ3) is 2.96. The summed E-state index contributed by atoms with van der Waals surface area (Å²) in [6.07, 6.45) is 10.1. The van der Waals surface area contributed by atoms with Gasteiger partial charge < -0.3 is 4.74 Å². The molecule has 8 atom stereocenters. The van der Waals surface area contributed by atoms with Crippen molar-refractivity contribution in [3.05, 3.63) is 11.6 Å². The van der Waals surface area contributed by atoms with E-state index >= 15 is 0 Å². The van der Waals surface area contributed by atoms with Crippen LogP contribution in [0.2, 0.25) is 0 Å². The number of fused-ring (bicyclic) bond motifs is 5. The van der Waals surface area contributed by atoms with Crippen LogP contribution in [-0.4, -0.2) is 22.7 Å². The normalized spacial score (nSPS) is 48.7. The Morgan fingerprint density at radius 1 is 1.07 bits per heavy atom. The molecule has 0 aliphatic heterocycles. The zero-order valence-electron chi connectivity index (χ0n) is 17.1. The van der Waals surface area contributed by atoms with Crippen LogP contribution < -0.4 is 0 Å². The molecule has 27 heavy (non-hydrogen) atoms. The van der Waals surface area contributed by atoms with Gasteiger partial charge in [0, 0.05) is 24.1 Å². The van der Waals surface area contributed by atoms with Gasteiger partial charge in [0.15, 0.2) is 0 Å². The van der Waals surface area contributed by atoms with Gasteiger partial charge >= 0.3 is 5.97 Å². The predicted molar refractivity (Wildman–Crippen MR) is 110 cm³/mol. The van der Waals surface area contributed by atoms with Crippen molar-refractivity contribution in [1.82, 2.24) is 0 Å². The first kappa shape index (κ1) is 19.7. The van der Waals surface area contributed by atoms with E-state index in [-0.39, 0.29) is 28.8 Å². The molecule has 0 aromatic heterocycles. The molecule has 3 saturated carbocycles. The smallest absolute Gasteiger partial charge is 0.302 e. The summed E-state index contributed by atoms with van der Waals surface area (Å²) in [4.78, 5) is 24.1. The minimum atomic E-state index is -0.164. The summed E-state index contributed by atoms with van der Waals surface area (Å²) in [6.45, 7) is 8.16. The number of hydrogen-bond donors (Lipinski definition) is 0. The zero-order chi connectivity index (χ0) is 19.6. The maximum Gasteiger partial charge on any atom is 0.302 e. The Morgan fingerprint density at radius 3 is 2.48 bits per heavy atom. The van der Waals surface area contributed by atoms with Crippen molar-refractivity contribution in [2.45, 2.75) is 83.6 Å². The molecule has 0 spiro atoms. The van der Waals surface area contributed by atoms with Gasteiger partial charge in [-0.2, -0.15) is 0 Å². The van der Waals surface area contributed by atoms with E-state index in [1.165, 1.54) is 31.8 Å². The van der Waals surface area contributed by atoms with Crippen molar-refractivity contribution in [2.24, 2.45) is 34.5 Å². The Bertz CT molecular complexity index is 685. The number of rotatable bonds is 2. The van der Waals surface area contributed by atoms with Crippen LogP contribution in [0, 0.1) is 34.5 Å². The second-order valence-electron chi connectivity index (χ2n) is 10.1. The monoisotopic (exact) mass is 436 g/mol. The van der Waals surface area contributed by atoms with Crippen LogP contribution in [0.4, 0.5) is 0 Å². The molecule has 0 aromatic rings. The fourth-order valence-electron chi connectivity index (χ4n) is 7.57. The molecule has 150 valence electrons. The number of Topliss-reactive ketones (excluding diaryl/α,β-unsaturated/α-hetero) is 1. The number of ether oxygens (including phenoxy) is 1. The van der Waals surface area contributed by atoms with Gasteiger partial charge in [0.05, 0.1) is 0 Å². The molecule has 4 heteroatoms. The summed E-state index contributed by atoms with van der Waals surface area (Å²) in [5.41, 5.74) is 1.89. The van der Waals surface area contributed by atoms with E-state index in [0.29, 0.717) is 28.4 Å².